The van der Waals surface area contributed by atoms with Gasteiger partial charge in [-0.1, -0.05) is 54.8 Å². The van der Waals surface area contributed by atoms with Crippen molar-refractivity contribution < 1.29 is 14.7 Å². The van der Waals surface area contributed by atoms with Crippen molar-refractivity contribution in [3.8, 4) is 11.4 Å². The fourth-order valence-corrected chi connectivity index (χ4v) is 4.82. The smallest absolute Gasteiger partial charge is 0.335 e. The average molecular weight is 498 g/mol. The fourth-order valence-electron chi connectivity index (χ4n) is 3.89. The predicted octanol–water partition coefficient (Wildman–Crippen LogP) is 5.04. The molecule has 0 radical (unpaired) electrons. The van der Waals surface area contributed by atoms with Crippen LogP contribution < -0.4 is 5.43 Å². The molecule has 0 unspecified atom stereocenters. The third-order valence-electron chi connectivity index (χ3n) is 5.60. The van der Waals surface area contributed by atoms with Crippen LogP contribution in [0.5, 0.6) is 0 Å². The van der Waals surface area contributed by atoms with Crippen molar-refractivity contribution in [2.24, 2.45) is 5.10 Å². The topological polar surface area (TPSA) is 109 Å². The minimum Gasteiger partial charge on any atom is -0.478 e. The molecule has 0 bridgehead atoms. The van der Waals surface area contributed by atoms with Crippen LogP contribution in [-0.2, 0) is 4.79 Å². The number of carboxylic acids is 1. The molecule has 1 saturated carbocycles. The number of hydrogen-bond donors (Lipinski definition) is 2. The number of aromatic nitrogens is 3. The Kier molecular flexibility index (Phi) is 7.97. The lowest BCUT2D eigenvalue weighted by Gasteiger charge is -2.25. The lowest BCUT2D eigenvalue weighted by atomic mass is 9.95. The molecule has 0 saturated heterocycles. The summed E-state index contributed by atoms with van der Waals surface area (Å²) in [5.74, 6) is -0.334. The molecule has 2 aromatic carbocycles. The highest BCUT2D eigenvalue weighted by Crippen LogP contribution is 2.35. The third-order valence-corrected chi connectivity index (χ3v) is 6.79. The lowest BCUT2D eigenvalue weighted by Crippen LogP contribution is -2.20. The van der Waals surface area contributed by atoms with Crippen molar-refractivity contribution in [1.29, 1.82) is 0 Å². The van der Waals surface area contributed by atoms with E-state index in [0.29, 0.717) is 21.8 Å². The van der Waals surface area contributed by atoms with Crippen LogP contribution in [0.15, 0.2) is 58.8 Å². The normalized spacial score (nSPS) is 14.4. The molecule has 0 aliphatic heterocycles. The van der Waals surface area contributed by atoms with E-state index in [4.69, 9.17) is 16.7 Å². The van der Waals surface area contributed by atoms with Gasteiger partial charge in [0.25, 0.3) is 5.91 Å². The van der Waals surface area contributed by atoms with E-state index in [2.05, 4.69) is 25.3 Å². The Morgan fingerprint density at radius 3 is 2.47 bits per heavy atom. The summed E-state index contributed by atoms with van der Waals surface area (Å²) in [6.07, 6.45) is 7.15. The Bertz CT molecular complexity index is 1170. The molecular weight excluding hydrogens is 474 g/mol. The maximum atomic E-state index is 12.4. The van der Waals surface area contributed by atoms with Crippen LogP contribution in [-0.4, -0.2) is 43.7 Å². The molecule has 1 heterocycles. The lowest BCUT2D eigenvalue weighted by molar-refractivity contribution is -0.118. The van der Waals surface area contributed by atoms with Gasteiger partial charge < -0.3 is 5.11 Å². The molecule has 2 N–H and O–H groups in total. The first-order valence-electron chi connectivity index (χ1n) is 11.0. The second-order valence-corrected chi connectivity index (χ2v) is 9.36. The molecule has 1 aliphatic carbocycles. The maximum absolute atomic E-state index is 12.4. The van der Waals surface area contributed by atoms with Gasteiger partial charge in [0, 0.05) is 16.6 Å². The SMILES string of the molecule is O=C(CSc1nnc(-c2ccc(Cl)cc2)n1C1CCCCC1)N/N=C\c1ccc(C(=O)O)cc1. The number of halogens is 1. The van der Waals surface area contributed by atoms with Gasteiger partial charge in [-0.2, -0.15) is 5.10 Å². The van der Waals surface area contributed by atoms with Crippen LogP contribution in [0.1, 0.15) is 54.1 Å². The molecule has 0 spiro atoms. The minimum absolute atomic E-state index is 0.140. The fraction of sp³-hybridized carbons (Fsp3) is 0.292. The number of carbonyl (C=O) groups is 2. The number of benzene rings is 2. The number of nitrogens with zero attached hydrogens (tertiary/aromatic N) is 4. The van der Waals surface area contributed by atoms with Crippen molar-refractivity contribution in [1.82, 2.24) is 20.2 Å². The zero-order valence-corrected chi connectivity index (χ0v) is 19.9. The van der Waals surface area contributed by atoms with Crippen LogP contribution >= 0.6 is 23.4 Å². The molecule has 34 heavy (non-hydrogen) atoms. The van der Waals surface area contributed by atoms with Gasteiger partial charge in [-0.25, -0.2) is 10.2 Å². The number of carboxylic acid groups (broad SMARTS) is 1. The van der Waals surface area contributed by atoms with E-state index < -0.39 is 5.97 Å². The van der Waals surface area contributed by atoms with Gasteiger partial charge >= 0.3 is 5.97 Å². The number of aromatic carboxylic acids is 1. The van der Waals surface area contributed by atoms with Gasteiger partial charge in [0.15, 0.2) is 11.0 Å². The molecule has 0 atom stereocenters. The highest BCUT2D eigenvalue weighted by Gasteiger charge is 2.24. The Labute approximate surface area is 206 Å². The molecule has 176 valence electrons. The number of rotatable bonds is 8. The van der Waals surface area contributed by atoms with Gasteiger partial charge in [-0.3, -0.25) is 9.36 Å². The first kappa shape index (κ1) is 24.0. The number of hydrogen-bond acceptors (Lipinski definition) is 6. The van der Waals surface area contributed by atoms with Gasteiger partial charge in [0.2, 0.25) is 0 Å². The molecule has 8 nitrogen and oxygen atoms in total. The summed E-state index contributed by atoms with van der Waals surface area (Å²) < 4.78 is 2.16. The first-order chi connectivity index (χ1) is 16.5. The molecule has 4 rings (SSSR count). The van der Waals surface area contributed by atoms with Crippen LogP contribution in [0, 0.1) is 0 Å². The highest BCUT2D eigenvalue weighted by atomic mass is 35.5. The van der Waals surface area contributed by atoms with Gasteiger partial charge in [0.1, 0.15) is 0 Å². The largest absolute Gasteiger partial charge is 0.478 e. The van der Waals surface area contributed by atoms with Crippen molar-refractivity contribution in [2.45, 2.75) is 43.3 Å². The second kappa shape index (κ2) is 11.3. The second-order valence-electron chi connectivity index (χ2n) is 7.98. The van der Waals surface area contributed by atoms with Crippen LogP contribution in [0.3, 0.4) is 0 Å². The van der Waals surface area contributed by atoms with Gasteiger partial charge in [0.05, 0.1) is 17.5 Å². The summed E-state index contributed by atoms with van der Waals surface area (Å²) in [5, 5.41) is 23.1. The Morgan fingerprint density at radius 2 is 1.79 bits per heavy atom. The van der Waals surface area contributed by atoms with Crippen LogP contribution in [0.4, 0.5) is 0 Å². The average Bonchev–Trinajstić information content (AvgIpc) is 3.28. The zero-order chi connectivity index (χ0) is 23.9. The summed E-state index contributed by atoms with van der Waals surface area (Å²) in [4.78, 5) is 23.3. The standard InChI is InChI=1S/C24H24ClN5O3S/c25-19-12-10-17(11-13-19)22-28-29-24(30(22)20-4-2-1-3-5-20)34-15-21(31)27-26-14-16-6-8-18(9-7-16)23(32)33/h6-14,20H,1-5,15H2,(H,27,31)(H,32,33)/b26-14-. The van der Waals surface area contributed by atoms with Gasteiger partial charge in [-0.15, -0.1) is 10.2 Å². The predicted molar refractivity (Wildman–Crippen MR) is 132 cm³/mol. The van der Waals surface area contributed by atoms with Crippen molar-refractivity contribution in [2.75, 3.05) is 5.75 Å². The Balaban J connectivity index is 1.42. The number of hydrazone groups is 1. The van der Waals surface area contributed by atoms with E-state index in [1.165, 1.54) is 36.5 Å². The Morgan fingerprint density at radius 1 is 1.09 bits per heavy atom. The van der Waals surface area contributed by atoms with Crippen molar-refractivity contribution in [3.05, 3.63) is 64.7 Å². The maximum Gasteiger partial charge on any atom is 0.335 e. The van der Waals surface area contributed by atoms with Crippen LogP contribution in [0.25, 0.3) is 11.4 Å². The van der Waals surface area contributed by atoms with E-state index in [-0.39, 0.29) is 17.2 Å². The summed E-state index contributed by atoms with van der Waals surface area (Å²) in [6.45, 7) is 0. The van der Waals surface area contributed by atoms with E-state index in [0.717, 1.165) is 37.1 Å². The summed E-state index contributed by atoms with van der Waals surface area (Å²) >= 11 is 7.38. The first-order valence-corrected chi connectivity index (χ1v) is 12.4. The molecule has 10 heteroatoms. The quantitative estimate of drug-likeness (QED) is 0.256. The molecule has 3 aromatic rings. The van der Waals surface area contributed by atoms with Crippen LogP contribution in [0.2, 0.25) is 5.02 Å². The highest BCUT2D eigenvalue weighted by molar-refractivity contribution is 7.99. The molecule has 1 fully saturated rings. The third kappa shape index (κ3) is 6.03. The number of amides is 1. The summed E-state index contributed by atoms with van der Waals surface area (Å²) in [6, 6.07) is 14.1. The van der Waals surface area contributed by atoms with Crippen molar-refractivity contribution in [3.63, 3.8) is 0 Å². The van der Waals surface area contributed by atoms with Crippen molar-refractivity contribution >= 4 is 41.5 Å². The number of thioether (sulfide) groups is 1. The van der Waals surface area contributed by atoms with E-state index in [1.807, 2.05) is 24.3 Å². The van der Waals surface area contributed by atoms with E-state index >= 15 is 0 Å². The monoisotopic (exact) mass is 497 g/mol. The van der Waals surface area contributed by atoms with E-state index in [1.54, 1.807) is 12.1 Å². The zero-order valence-electron chi connectivity index (χ0n) is 18.4. The van der Waals surface area contributed by atoms with E-state index in [9.17, 15) is 9.59 Å². The Hall–Kier alpha value is -3.17. The molecule has 1 amide bonds. The van der Waals surface area contributed by atoms with Gasteiger partial charge in [-0.05, 0) is 54.8 Å². The minimum atomic E-state index is -0.992. The number of carbonyl (C=O) groups excluding carboxylic acids is 1. The molecular formula is C24H24ClN5O3S. The summed E-state index contributed by atoms with van der Waals surface area (Å²) in [5.41, 5.74) is 4.32. The molecule has 1 aliphatic rings. The summed E-state index contributed by atoms with van der Waals surface area (Å²) in [7, 11) is 0. The number of nitrogens with one attached hydrogen (secondary N) is 1. The molecule has 1 aromatic heterocycles.